The summed E-state index contributed by atoms with van der Waals surface area (Å²) in [7, 11) is 6.77. The van der Waals surface area contributed by atoms with Gasteiger partial charge in [-0.1, -0.05) is 77.9 Å². The number of carbonyl (C=O) groups is 6. The number of nitrogens with two attached hydrogens (primary N) is 3. The molecular weight excluding hydrogens is 1470 g/mol. The van der Waals surface area contributed by atoms with E-state index in [4.69, 9.17) is 17.2 Å². The van der Waals surface area contributed by atoms with Crippen LogP contribution in [-0.2, 0) is 48.0 Å². The third-order valence-corrected chi connectivity index (χ3v) is 27.7. The second-order valence-electron chi connectivity index (χ2n) is 36.5. The smallest absolute Gasteiger partial charge is 0.313 e. The molecule has 9 fully saturated rings. The van der Waals surface area contributed by atoms with Crippen LogP contribution in [0.5, 0.6) is 0 Å². The summed E-state index contributed by atoms with van der Waals surface area (Å²) < 4.78 is 0. The van der Waals surface area contributed by atoms with Crippen molar-refractivity contribution in [2.75, 3.05) is 167 Å². The third kappa shape index (κ3) is 20.8. The number of nitrogens with one attached hydrogen (secondary N) is 3. The van der Waals surface area contributed by atoms with Gasteiger partial charge in [0.2, 0.25) is 0 Å². The van der Waals surface area contributed by atoms with Gasteiger partial charge in [-0.3, -0.25) is 28.8 Å². The highest BCUT2D eigenvalue weighted by Crippen LogP contribution is 2.46. The number of benzene rings is 3. The van der Waals surface area contributed by atoms with Crippen LogP contribution in [0.3, 0.4) is 0 Å². The molecule has 9 aliphatic rings. The molecule has 3 aromatic carbocycles. The van der Waals surface area contributed by atoms with Crippen molar-refractivity contribution in [3.05, 3.63) is 143 Å². The second kappa shape index (κ2) is 38.1. The van der Waals surface area contributed by atoms with Gasteiger partial charge in [-0.15, -0.1) is 0 Å². The van der Waals surface area contributed by atoms with Crippen LogP contribution in [0.1, 0.15) is 209 Å². The number of aryl methyl sites for hydroxylation is 3. The minimum absolute atomic E-state index is 0.105. The Labute approximate surface area is 695 Å². The van der Waals surface area contributed by atoms with Crippen LogP contribution < -0.4 is 47.9 Å². The normalized spacial score (nSPS) is 23.6. The third-order valence-electron chi connectivity index (χ3n) is 27.7. The number of pyridine rings is 3. The largest absolute Gasteiger partial charge is 0.383 e. The summed E-state index contributed by atoms with van der Waals surface area (Å²) >= 11 is 0. The zero-order valence-corrected chi connectivity index (χ0v) is 71.4. The average Bonchev–Trinajstić information content (AvgIpc) is 0.798. The highest BCUT2D eigenvalue weighted by molar-refractivity contribution is 6.40. The Morgan fingerprint density at radius 3 is 0.846 bits per heavy atom. The predicted octanol–water partition coefficient (Wildman–Crippen LogP) is 13.4. The first-order chi connectivity index (χ1) is 56.3. The first-order valence-electron chi connectivity index (χ1n) is 44.0. The molecule has 3 spiro atoms. The molecule has 3 aromatic heterocycles. The van der Waals surface area contributed by atoms with E-state index in [0.717, 1.165) is 111 Å². The molecule has 117 heavy (non-hydrogen) atoms. The fraction of sp³-hybridized carbons (Fsp3) is 0.581. The molecule has 6 amide bonds. The molecular formula is C93H132N18O6. The number of nitrogens with zero attached hydrogens (tertiary/aromatic N) is 12. The summed E-state index contributed by atoms with van der Waals surface area (Å²) in [6.45, 7) is 28.0. The van der Waals surface area contributed by atoms with E-state index in [1.165, 1.54) is 152 Å². The lowest BCUT2D eigenvalue weighted by atomic mass is 9.72. The first kappa shape index (κ1) is 85.5. The molecule has 24 heteroatoms. The summed E-state index contributed by atoms with van der Waals surface area (Å²) in [6, 6.07) is 31.2. The molecule has 6 atom stereocenters. The molecule has 0 saturated carbocycles. The molecule has 0 aliphatic carbocycles. The van der Waals surface area contributed by atoms with Crippen molar-refractivity contribution in [2.45, 2.75) is 195 Å². The standard InChI is InChI=1S/3C31H44N6O2/c3*1-4-23-18-25(19-33-28(23)32)34-29(38)30(39)37-20-22(2)6-11-27(37)24-7-9-26(10-8-24)36-16-13-31(14-17-36)12-5-15-35(3)21-31/h3*7-10,18-19,22,27H,4-6,11-17,20-21H2,1-3H3,(H2,32,33)(H,34,38)/t3*22-,27+/m100/s1. The van der Waals surface area contributed by atoms with Gasteiger partial charge in [0.1, 0.15) is 17.5 Å². The van der Waals surface area contributed by atoms with Crippen LogP contribution in [0.25, 0.3) is 0 Å². The Kier molecular flexibility index (Phi) is 27.9. The van der Waals surface area contributed by atoms with Gasteiger partial charge >= 0.3 is 35.4 Å². The quantitative estimate of drug-likeness (QED) is 0.0621. The Bertz CT molecular complexity index is 3960. The molecule has 24 nitrogen and oxygen atoms in total. The molecule has 12 heterocycles. The number of carbonyl (C=O) groups excluding carboxylic acids is 6. The lowest BCUT2D eigenvalue weighted by Gasteiger charge is -2.47. The number of aromatic nitrogens is 3. The summed E-state index contributed by atoms with van der Waals surface area (Å²) in [5.74, 6) is -0.995. The second-order valence-corrected chi connectivity index (χ2v) is 36.5. The van der Waals surface area contributed by atoms with E-state index in [0.29, 0.717) is 107 Å². The number of amides is 6. The van der Waals surface area contributed by atoms with E-state index < -0.39 is 35.4 Å². The Hall–Kier alpha value is -9.39. The van der Waals surface area contributed by atoms with Crippen LogP contribution >= 0.6 is 0 Å². The van der Waals surface area contributed by atoms with Gasteiger partial charge in [0.15, 0.2) is 0 Å². The summed E-state index contributed by atoms with van der Waals surface area (Å²) in [5.41, 5.74) is 30.2. The number of hydrogen-bond donors (Lipinski definition) is 6. The molecule has 9 saturated heterocycles. The summed E-state index contributed by atoms with van der Waals surface area (Å²) in [5, 5.41) is 8.25. The number of nitrogen functional groups attached to an aromatic ring is 3. The fourth-order valence-corrected chi connectivity index (χ4v) is 20.8. The molecule has 6 aromatic rings. The number of piperidine rings is 9. The zero-order valence-electron chi connectivity index (χ0n) is 71.4. The average molecular weight is 1600 g/mol. The van der Waals surface area contributed by atoms with E-state index in [2.05, 4.69) is 175 Å². The van der Waals surface area contributed by atoms with Crippen molar-refractivity contribution in [1.82, 2.24) is 44.4 Å². The van der Waals surface area contributed by atoms with Gasteiger partial charge in [0, 0.05) is 95.6 Å². The summed E-state index contributed by atoms with van der Waals surface area (Å²) in [6.07, 6.45) is 27.8. The molecule has 0 bridgehead atoms. The maximum absolute atomic E-state index is 13.4. The highest BCUT2D eigenvalue weighted by Gasteiger charge is 2.43. The number of anilines is 9. The van der Waals surface area contributed by atoms with Crippen LogP contribution in [0.4, 0.5) is 51.6 Å². The van der Waals surface area contributed by atoms with Crippen LogP contribution in [-0.4, -0.2) is 199 Å². The minimum Gasteiger partial charge on any atom is -0.383 e. The van der Waals surface area contributed by atoms with E-state index in [1.54, 1.807) is 32.9 Å². The first-order valence-corrected chi connectivity index (χ1v) is 44.0. The Balaban J connectivity index is 0.000000152. The SMILES string of the molecule is CCc1cc(NC(=O)C(=O)N2C[C@@H](C)CC[C@@H]2c2ccc(N3CCC4(CCCN(C)C4)CC3)cc2)cnc1N.CCc1cc(NC(=O)C(=O)N2C[C@@H](C)CC[C@@H]2c2ccc(N3CCC4(CCCN(C)C4)CC3)cc2)cnc1N.CCc1cc(NC(=O)C(=O)N2C[C@H](C)CC[C@H]2c2ccc(N3CCC4(CCCN(C)C4)CC3)cc2)cnc1N. The Morgan fingerprint density at radius 1 is 0.368 bits per heavy atom. The zero-order chi connectivity index (χ0) is 82.7. The van der Waals surface area contributed by atoms with Crippen molar-refractivity contribution in [3.8, 4) is 0 Å². The topological polar surface area (TPSA) is 284 Å². The van der Waals surface area contributed by atoms with Crippen LogP contribution in [0.15, 0.2) is 110 Å². The van der Waals surface area contributed by atoms with Gasteiger partial charge in [0.05, 0.1) is 53.8 Å². The van der Waals surface area contributed by atoms with Gasteiger partial charge in [0.25, 0.3) is 0 Å². The van der Waals surface area contributed by atoms with Crippen molar-refractivity contribution in [3.63, 3.8) is 0 Å². The van der Waals surface area contributed by atoms with E-state index in [1.807, 2.05) is 20.8 Å². The number of likely N-dealkylation sites (tertiary alicyclic amines) is 6. The number of rotatable bonds is 12. The highest BCUT2D eigenvalue weighted by atomic mass is 16.2. The van der Waals surface area contributed by atoms with E-state index in [9.17, 15) is 28.8 Å². The summed E-state index contributed by atoms with van der Waals surface area (Å²) in [4.78, 5) is 112. The van der Waals surface area contributed by atoms with E-state index in [-0.39, 0.29) is 18.1 Å². The van der Waals surface area contributed by atoms with Crippen LogP contribution in [0.2, 0.25) is 0 Å². The van der Waals surface area contributed by atoms with E-state index >= 15 is 0 Å². The van der Waals surface area contributed by atoms with Crippen LogP contribution in [0, 0.1) is 34.0 Å². The fourth-order valence-electron chi connectivity index (χ4n) is 20.8. The minimum atomic E-state index is -0.630. The van der Waals surface area contributed by atoms with Crippen molar-refractivity contribution >= 4 is 87.0 Å². The Morgan fingerprint density at radius 2 is 0.615 bits per heavy atom. The predicted molar refractivity (Wildman–Crippen MR) is 470 cm³/mol. The van der Waals surface area contributed by atoms with Crippen molar-refractivity contribution in [1.29, 1.82) is 0 Å². The lowest BCUT2D eigenvalue weighted by Crippen LogP contribution is -2.48. The van der Waals surface area contributed by atoms with Gasteiger partial charge in [-0.2, -0.15) is 0 Å². The van der Waals surface area contributed by atoms with Crippen molar-refractivity contribution < 1.29 is 28.8 Å². The molecule has 0 unspecified atom stereocenters. The molecule has 9 aliphatic heterocycles. The number of hydrogen-bond acceptors (Lipinski definition) is 18. The molecule has 9 N–H and O–H groups in total. The monoisotopic (exact) mass is 1600 g/mol. The maximum atomic E-state index is 13.4. The van der Waals surface area contributed by atoms with Gasteiger partial charge < -0.3 is 77.3 Å². The van der Waals surface area contributed by atoms with Gasteiger partial charge in [-0.25, -0.2) is 15.0 Å². The molecule has 15 rings (SSSR count). The molecule has 630 valence electrons. The molecule has 0 radical (unpaired) electrons. The maximum Gasteiger partial charge on any atom is 0.313 e. The lowest BCUT2D eigenvalue weighted by molar-refractivity contribution is -0.146. The van der Waals surface area contributed by atoms with Gasteiger partial charge in [-0.05, 0) is 298 Å². The van der Waals surface area contributed by atoms with Crippen molar-refractivity contribution in [2.24, 2.45) is 34.0 Å².